The lowest BCUT2D eigenvalue weighted by atomic mass is 9.83. The minimum absolute atomic E-state index is 0.140. The Morgan fingerprint density at radius 1 is 0.918 bits per heavy atom. The van der Waals surface area contributed by atoms with E-state index >= 15 is 0 Å². The molecule has 9 heteroatoms. The van der Waals surface area contributed by atoms with Gasteiger partial charge < -0.3 is 33.5 Å². The van der Waals surface area contributed by atoms with Crippen LogP contribution in [0.15, 0.2) is 11.5 Å². The Kier molecular flexibility index (Phi) is 13.1. The third kappa shape index (κ3) is 10.2. The first-order valence-corrected chi connectivity index (χ1v) is 18.6. The molecule has 0 spiro atoms. The summed E-state index contributed by atoms with van der Waals surface area (Å²) in [6.45, 7) is 20.6. The van der Waals surface area contributed by atoms with Crippen LogP contribution in [0.4, 0.5) is 0 Å². The summed E-state index contributed by atoms with van der Waals surface area (Å²) in [6.07, 6.45) is 11.4. The van der Waals surface area contributed by atoms with Crippen LogP contribution in [-0.2, 0) is 35.0 Å². The first-order chi connectivity index (χ1) is 23.0. The molecule has 0 aromatic heterocycles. The first-order valence-electron chi connectivity index (χ1n) is 18.6. The van der Waals surface area contributed by atoms with E-state index in [0.29, 0.717) is 5.75 Å². The van der Waals surface area contributed by atoms with E-state index in [1.165, 1.54) is 44.9 Å². The van der Waals surface area contributed by atoms with E-state index in [9.17, 15) is 14.7 Å². The number of hydrogen-bond acceptors (Lipinski definition) is 9. The van der Waals surface area contributed by atoms with Gasteiger partial charge in [0.05, 0.1) is 6.61 Å². The van der Waals surface area contributed by atoms with E-state index < -0.39 is 48.1 Å². The van der Waals surface area contributed by atoms with Gasteiger partial charge in [0.2, 0.25) is 5.76 Å². The topological polar surface area (TPSA) is 110 Å². The van der Waals surface area contributed by atoms with Crippen molar-refractivity contribution in [3.63, 3.8) is 0 Å². The summed E-state index contributed by atoms with van der Waals surface area (Å²) in [6, 6.07) is 0. The smallest absolute Gasteiger partial charge is 0.378 e. The third-order valence-electron chi connectivity index (χ3n) is 10.7. The second-order valence-corrected chi connectivity index (χ2v) is 16.1. The fourth-order valence-electron chi connectivity index (χ4n) is 7.40. The molecule has 1 aromatic rings. The van der Waals surface area contributed by atoms with Crippen LogP contribution in [0.1, 0.15) is 135 Å². The quantitative estimate of drug-likeness (QED) is 0.127. The van der Waals surface area contributed by atoms with Gasteiger partial charge in [0, 0.05) is 5.56 Å². The number of benzene rings is 1. The van der Waals surface area contributed by atoms with Crippen LogP contribution in [0.2, 0.25) is 0 Å². The molecule has 4 rings (SSSR count). The maximum atomic E-state index is 12.9. The van der Waals surface area contributed by atoms with E-state index in [1.54, 1.807) is 13.8 Å². The number of hydrogen-bond donors (Lipinski definition) is 1. The molecule has 49 heavy (non-hydrogen) atoms. The molecule has 0 amide bonds. The molecule has 1 fully saturated rings. The Bertz CT molecular complexity index is 1360. The molecule has 0 aliphatic carbocycles. The number of fused-ring (bicyclic) bond motifs is 1. The summed E-state index contributed by atoms with van der Waals surface area (Å²) in [7, 11) is 0. The number of ether oxygens (including phenoxy) is 6. The van der Waals surface area contributed by atoms with Gasteiger partial charge in [-0.3, -0.25) is 0 Å². The van der Waals surface area contributed by atoms with E-state index in [0.717, 1.165) is 71.4 Å². The largest absolute Gasteiger partial charge is 0.505 e. The predicted molar refractivity (Wildman–Crippen MR) is 189 cm³/mol. The summed E-state index contributed by atoms with van der Waals surface area (Å²) in [5, 5.41) is 10.6. The molecule has 1 N–H and O–H groups in total. The van der Waals surface area contributed by atoms with Crippen LogP contribution in [0.3, 0.4) is 0 Å². The second-order valence-electron chi connectivity index (χ2n) is 16.1. The fourth-order valence-corrected chi connectivity index (χ4v) is 7.40. The van der Waals surface area contributed by atoms with Gasteiger partial charge >= 0.3 is 11.9 Å². The molecule has 1 saturated heterocycles. The highest BCUT2D eigenvalue weighted by Crippen LogP contribution is 2.45. The van der Waals surface area contributed by atoms with Crippen molar-refractivity contribution in [2.24, 2.45) is 17.8 Å². The summed E-state index contributed by atoms with van der Waals surface area (Å²) < 4.78 is 34.5. The standard InChI is InChI=1S/C40H62O9/c1-24(2)14-11-15-25(3)16-12-17-26(4)18-13-20-40(10)21-19-30-29(7)34(27(5)28(6)35(30)49-40)46-32(41)23-44-37-33(42)36(47-38(37)43)31-22-45-39(8,9)48-31/h24-26,31,36,42H,11-23H2,1-10H3/t25-,26-,31+,36-,40-/m1/s1. The lowest BCUT2D eigenvalue weighted by molar-refractivity contribution is -0.163. The Labute approximate surface area is 294 Å². The van der Waals surface area contributed by atoms with E-state index in [-0.39, 0.29) is 12.2 Å². The first kappa shape index (κ1) is 39.0. The van der Waals surface area contributed by atoms with Gasteiger partial charge in [-0.2, -0.15) is 0 Å². The Morgan fingerprint density at radius 2 is 1.55 bits per heavy atom. The highest BCUT2D eigenvalue weighted by atomic mass is 16.8. The molecule has 3 aliphatic heterocycles. The molecule has 3 aliphatic rings. The van der Waals surface area contributed by atoms with Crippen molar-refractivity contribution in [2.75, 3.05) is 13.2 Å². The van der Waals surface area contributed by atoms with Crippen molar-refractivity contribution < 1.29 is 43.1 Å². The molecule has 9 nitrogen and oxygen atoms in total. The number of carbonyl (C=O) groups excluding carboxylic acids is 2. The number of aliphatic hydroxyl groups is 1. The molecule has 0 saturated carbocycles. The number of carbonyl (C=O) groups is 2. The van der Waals surface area contributed by atoms with Crippen molar-refractivity contribution in [1.82, 2.24) is 0 Å². The molecule has 0 bridgehead atoms. The molecular weight excluding hydrogens is 624 g/mol. The monoisotopic (exact) mass is 686 g/mol. The normalized spacial score (nSPS) is 24.4. The molecule has 0 radical (unpaired) electrons. The zero-order valence-corrected chi connectivity index (χ0v) is 31.8. The molecule has 5 atom stereocenters. The van der Waals surface area contributed by atoms with Gasteiger partial charge in [0.15, 0.2) is 24.3 Å². The summed E-state index contributed by atoms with van der Waals surface area (Å²) in [5.41, 5.74) is 3.47. The zero-order valence-electron chi connectivity index (χ0n) is 31.8. The summed E-state index contributed by atoms with van der Waals surface area (Å²) >= 11 is 0. The predicted octanol–water partition coefficient (Wildman–Crippen LogP) is 8.90. The van der Waals surface area contributed by atoms with Crippen LogP contribution >= 0.6 is 0 Å². The highest BCUT2D eigenvalue weighted by Gasteiger charge is 2.47. The number of rotatable bonds is 17. The van der Waals surface area contributed by atoms with Gasteiger partial charge in [0.1, 0.15) is 23.2 Å². The Hall–Kier alpha value is -2.78. The van der Waals surface area contributed by atoms with Crippen LogP contribution in [0.5, 0.6) is 11.5 Å². The van der Waals surface area contributed by atoms with Gasteiger partial charge in [0.25, 0.3) is 0 Å². The van der Waals surface area contributed by atoms with E-state index in [4.69, 9.17) is 28.4 Å². The van der Waals surface area contributed by atoms with Crippen molar-refractivity contribution in [3.05, 3.63) is 33.8 Å². The van der Waals surface area contributed by atoms with Gasteiger partial charge in [-0.15, -0.1) is 0 Å². The summed E-state index contributed by atoms with van der Waals surface area (Å²) in [5.74, 6) is 0.461. The van der Waals surface area contributed by atoms with Crippen LogP contribution in [0, 0.1) is 38.5 Å². The average molecular weight is 687 g/mol. The number of aliphatic hydroxyl groups excluding tert-OH is 1. The highest BCUT2D eigenvalue weighted by molar-refractivity contribution is 5.90. The van der Waals surface area contributed by atoms with Gasteiger partial charge in [-0.25, -0.2) is 9.59 Å². The van der Waals surface area contributed by atoms with Crippen molar-refractivity contribution in [2.45, 2.75) is 163 Å². The average Bonchev–Trinajstić information content (AvgIpc) is 3.53. The fraction of sp³-hybridized carbons (Fsp3) is 0.750. The lowest BCUT2D eigenvalue weighted by Crippen LogP contribution is -2.37. The molecule has 0 unspecified atom stereocenters. The minimum Gasteiger partial charge on any atom is -0.505 e. The van der Waals surface area contributed by atoms with E-state index in [2.05, 4.69) is 34.6 Å². The SMILES string of the molecule is Cc1c(C)c2c(c(C)c1OC(=O)COC1=C(O)[C@@H]([C@@H]3COC(C)(C)O3)OC1=O)CC[C@@](C)(CCC[C@H](C)CCC[C@H](C)CCCC(C)C)O2. The van der Waals surface area contributed by atoms with Crippen molar-refractivity contribution in [1.29, 1.82) is 0 Å². The van der Waals surface area contributed by atoms with Crippen molar-refractivity contribution >= 4 is 11.9 Å². The van der Waals surface area contributed by atoms with Gasteiger partial charge in [-0.05, 0) is 102 Å². The number of cyclic esters (lactones) is 1. The molecule has 1 aromatic carbocycles. The number of esters is 2. The van der Waals surface area contributed by atoms with Crippen LogP contribution in [-0.4, -0.2) is 53.9 Å². The third-order valence-corrected chi connectivity index (χ3v) is 10.7. The van der Waals surface area contributed by atoms with E-state index in [1.807, 2.05) is 20.8 Å². The minimum atomic E-state index is -1.06. The second kappa shape index (κ2) is 16.5. The Balaban J connectivity index is 1.27. The van der Waals surface area contributed by atoms with Crippen LogP contribution in [0.25, 0.3) is 0 Å². The lowest BCUT2D eigenvalue weighted by Gasteiger charge is -2.38. The van der Waals surface area contributed by atoms with Crippen LogP contribution < -0.4 is 9.47 Å². The maximum absolute atomic E-state index is 12.9. The van der Waals surface area contributed by atoms with Gasteiger partial charge in [-0.1, -0.05) is 72.6 Å². The zero-order chi connectivity index (χ0) is 36.1. The summed E-state index contributed by atoms with van der Waals surface area (Å²) in [4.78, 5) is 25.4. The Morgan fingerprint density at radius 3 is 2.16 bits per heavy atom. The molecular formula is C40H62O9. The molecule has 276 valence electrons. The van der Waals surface area contributed by atoms with Crippen molar-refractivity contribution in [3.8, 4) is 11.5 Å². The maximum Gasteiger partial charge on any atom is 0.378 e. The molecule has 3 heterocycles.